The van der Waals surface area contributed by atoms with Crippen molar-refractivity contribution in [3.63, 3.8) is 0 Å². The maximum atomic E-state index is 13.2. The van der Waals surface area contributed by atoms with E-state index < -0.39 is 6.04 Å². The predicted octanol–water partition coefficient (Wildman–Crippen LogP) is 4.31. The van der Waals surface area contributed by atoms with E-state index >= 15 is 0 Å². The molecule has 31 heavy (non-hydrogen) atoms. The standard InChI is InChI=1S/C25H26N2O3S/c1-3-15-30-21-13-11-20(12-14-21)18-27(2)25(29)22(17-19-8-5-4-6-9-19)26-24(28)23-10-7-16-31-23/h3-14,16,22H,1,15,17-18H2,2H3,(H,26,28)/t22-/m0/s1. The molecule has 0 aliphatic heterocycles. The summed E-state index contributed by atoms with van der Waals surface area (Å²) in [6.07, 6.45) is 2.12. The SMILES string of the molecule is C=CCOc1ccc(CN(C)C(=O)[C@H](Cc2ccccc2)NC(=O)c2cccs2)cc1. The van der Waals surface area contributed by atoms with E-state index in [2.05, 4.69) is 11.9 Å². The summed E-state index contributed by atoms with van der Waals surface area (Å²) in [5, 5.41) is 4.76. The number of nitrogens with zero attached hydrogens (tertiary/aromatic N) is 1. The van der Waals surface area contributed by atoms with Gasteiger partial charge in [-0.25, -0.2) is 0 Å². The molecule has 0 unspecified atom stereocenters. The van der Waals surface area contributed by atoms with Crippen LogP contribution in [0.5, 0.6) is 5.75 Å². The molecule has 0 radical (unpaired) electrons. The highest BCUT2D eigenvalue weighted by molar-refractivity contribution is 7.12. The van der Waals surface area contributed by atoms with Crippen molar-refractivity contribution in [1.29, 1.82) is 0 Å². The van der Waals surface area contributed by atoms with Crippen LogP contribution in [0.1, 0.15) is 20.8 Å². The van der Waals surface area contributed by atoms with E-state index in [-0.39, 0.29) is 11.8 Å². The highest BCUT2D eigenvalue weighted by atomic mass is 32.1. The molecule has 1 N–H and O–H groups in total. The van der Waals surface area contributed by atoms with E-state index in [0.29, 0.717) is 24.4 Å². The van der Waals surface area contributed by atoms with Crippen molar-refractivity contribution in [2.24, 2.45) is 0 Å². The number of likely N-dealkylation sites (N-methyl/N-ethyl adjacent to an activating group) is 1. The fraction of sp³-hybridized carbons (Fsp3) is 0.200. The van der Waals surface area contributed by atoms with Gasteiger partial charge in [-0.05, 0) is 34.7 Å². The minimum absolute atomic E-state index is 0.138. The molecule has 5 nitrogen and oxygen atoms in total. The molecule has 3 aromatic rings. The molecule has 0 saturated heterocycles. The number of ether oxygens (including phenoxy) is 1. The summed E-state index contributed by atoms with van der Waals surface area (Å²) in [5.74, 6) is 0.380. The van der Waals surface area contributed by atoms with Crippen molar-refractivity contribution in [3.8, 4) is 5.75 Å². The molecule has 2 aromatic carbocycles. The van der Waals surface area contributed by atoms with Crippen LogP contribution in [0.25, 0.3) is 0 Å². The fourth-order valence-electron chi connectivity index (χ4n) is 3.15. The van der Waals surface area contributed by atoms with Gasteiger partial charge in [-0.2, -0.15) is 0 Å². The zero-order valence-electron chi connectivity index (χ0n) is 17.5. The Balaban J connectivity index is 1.69. The zero-order chi connectivity index (χ0) is 22.1. The lowest BCUT2D eigenvalue weighted by Gasteiger charge is -2.25. The first-order chi connectivity index (χ1) is 15.1. The van der Waals surface area contributed by atoms with Gasteiger partial charge < -0.3 is 15.0 Å². The average Bonchev–Trinajstić information content (AvgIpc) is 3.33. The summed E-state index contributed by atoms with van der Waals surface area (Å²) in [6, 6.07) is 20.2. The number of rotatable bonds is 10. The van der Waals surface area contributed by atoms with Crippen molar-refractivity contribution in [2.75, 3.05) is 13.7 Å². The Labute approximate surface area is 187 Å². The van der Waals surface area contributed by atoms with Gasteiger partial charge >= 0.3 is 0 Å². The van der Waals surface area contributed by atoms with Crippen LogP contribution >= 0.6 is 11.3 Å². The Kier molecular flexibility index (Phi) is 8.01. The molecule has 0 aliphatic rings. The van der Waals surface area contributed by atoms with Gasteiger partial charge in [-0.3, -0.25) is 9.59 Å². The average molecular weight is 435 g/mol. The van der Waals surface area contributed by atoms with Gasteiger partial charge in [0.2, 0.25) is 5.91 Å². The Bertz CT molecular complexity index is 985. The lowest BCUT2D eigenvalue weighted by atomic mass is 10.0. The van der Waals surface area contributed by atoms with Gasteiger partial charge in [0.05, 0.1) is 4.88 Å². The molecule has 3 rings (SSSR count). The summed E-state index contributed by atoms with van der Waals surface area (Å²) in [4.78, 5) is 28.1. The Hall–Kier alpha value is -3.38. The second-order valence-corrected chi connectivity index (χ2v) is 8.08. The first-order valence-electron chi connectivity index (χ1n) is 10.0. The van der Waals surface area contributed by atoms with E-state index in [9.17, 15) is 9.59 Å². The number of carbonyl (C=O) groups excluding carboxylic acids is 2. The van der Waals surface area contributed by atoms with Crippen LogP contribution in [0, 0.1) is 0 Å². The number of nitrogens with one attached hydrogen (secondary N) is 1. The van der Waals surface area contributed by atoms with E-state index in [0.717, 1.165) is 16.9 Å². The number of thiophene rings is 1. The molecule has 160 valence electrons. The van der Waals surface area contributed by atoms with E-state index in [1.165, 1.54) is 11.3 Å². The molecular weight excluding hydrogens is 408 g/mol. The molecule has 0 bridgehead atoms. The van der Waals surface area contributed by atoms with E-state index in [1.54, 1.807) is 24.1 Å². The van der Waals surface area contributed by atoms with Gasteiger partial charge in [0.1, 0.15) is 18.4 Å². The van der Waals surface area contributed by atoms with Crippen LogP contribution in [0.4, 0.5) is 0 Å². The van der Waals surface area contributed by atoms with Crippen molar-refractivity contribution in [2.45, 2.75) is 19.0 Å². The summed E-state index contributed by atoms with van der Waals surface area (Å²) in [6.45, 7) is 4.52. The lowest BCUT2D eigenvalue weighted by molar-refractivity contribution is -0.132. The maximum absolute atomic E-state index is 13.2. The largest absolute Gasteiger partial charge is 0.490 e. The van der Waals surface area contributed by atoms with Crippen LogP contribution in [-0.4, -0.2) is 36.4 Å². The first kappa shape index (κ1) is 22.3. The van der Waals surface area contributed by atoms with Crippen molar-refractivity contribution < 1.29 is 14.3 Å². The normalized spacial score (nSPS) is 11.4. The monoisotopic (exact) mass is 434 g/mol. The summed E-state index contributed by atoms with van der Waals surface area (Å²) in [7, 11) is 1.75. The fourth-order valence-corrected chi connectivity index (χ4v) is 3.78. The highest BCUT2D eigenvalue weighted by Gasteiger charge is 2.25. The first-order valence-corrected chi connectivity index (χ1v) is 10.9. The number of amides is 2. The number of carbonyl (C=O) groups is 2. The number of hydrogen-bond acceptors (Lipinski definition) is 4. The van der Waals surface area contributed by atoms with Gasteiger partial charge in [-0.15, -0.1) is 11.3 Å². The second-order valence-electron chi connectivity index (χ2n) is 7.13. The topological polar surface area (TPSA) is 58.6 Å². The van der Waals surface area contributed by atoms with Crippen LogP contribution in [0.3, 0.4) is 0 Å². The molecule has 1 heterocycles. The quantitative estimate of drug-likeness (QED) is 0.484. The maximum Gasteiger partial charge on any atom is 0.262 e. The Morgan fingerprint density at radius 3 is 2.45 bits per heavy atom. The van der Waals surface area contributed by atoms with Crippen molar-refractivity contribution >= 4 is 23.2 Å². The van der Waals surface area contributed by atoms with Crippen LogP contribution < -0.4 is 10.1 Å². The van der Waals surface area contributed by atoms with Gasteiger partial charge in [0.25, 0.3) is 5.91 Å². The molecular formula is C25H26N2O3S. The number of benzene rings is 2. The van der Waals surface area contributed by atoms with Crippen LogP contribution in [-0.2, 0) is 17.8 Å². The molecule has 1 aromatic heterocycles. The van der Waals surface area contributed by atoms with Gasteiger partial charge in [0.15, 0.2) is 0 Å². The third kappa shape index (κ3) is 6.55. The molecule has 6 heteroatoms. The van der Waals surface area contributed by atoms with E-state index in [1.807, 2.05) is 66.0 Å². The Morgan fingerprint density at radius 1 is 1.06 bits per heavy atom. The van der Waals surface area contributed by atoms with Crippen molar-refractivity contribution in [1.82, 2.24) is 10.2 Å². The highest BCUT2D eigenvalue weighted by Crippen LogP contribution is 2.15. The second kappa shape index (κ2) is 11.1. The third-order valence-corrected chi connectivity index (χ3v) is 5.59. The molecule has 0 aliphatic carbocycles. The summed E-state index contributed by atoms with van der Waals surface area (Å²) >= 11 is 1.35. The zero-order valence-corrected chi connectivity index (χ0v) is 18.3. The van der Waals surface area contributed by atoms with Gasteiger partial charge in [0, 0.05) is 20.0 Å². The van der Waals surface area contributed by atoms with Crippen molar-refractivity contribution in [3.05, 3.63) is 101 Å². The van der Waals surface area contributed by atoms with E-state index in [4.69, 9.17) is 4.74 Å². The summed E-state index contributed by atoms with van der Waals surface area (Å²) in [5.41, 5.74) is 1.97. The summed E-state index contributed by atoms with van der Waals surface area (Å²) < 4.78 is 5.50. The third-order valence-electron chi connectivity index (χ3n) is 4.72. The number of hydrogen-bond donors (Lipinski definition) is 1. The minimum atomic E-state index is -0.655. The Morgan fingerprint density at radius 2 is 1.81 bits per heavy atom. The molecule has 1 atom stereocenters. The molecule has 0 spiro atoms. The predicted molar refractivity (Wildman–Crippen MR) is 124 cm³/mol. The van der Waals surface area contributed by atoms with Crippen LogP contribution in [0.2, 0.25) is 0 Å². The molecule has 2 amide bonds. The van der Waals surface area contributed by atoms with Gasteiger partial charge in [-0.1, -0.05) is 61.2 Å². The molecule has 0 saturated carbocycles. The molecule has 0 fully saturated rings. The van der Waals surface area contributed by atoms with Crippen LogP contribution in [0.15, 0.2) is 84.8 Å². The minimum Gasteiger partial charge on any atom is -0.490 e. The smallest absolute Gasteiger partial charge is 0.262 e. The lowest BCUT2D eigenvalue weighted by Crippen LogP contribution is -2.48.